The fourth-order valence-electron chi connectivity index (χ4n) is 0.751. The molecule has 0 spiro atoms. The number of halogens is 2. The van der Waals surface area contributed by atoms with Crippen molar-refractivity contribution in [1.82, 2.24) is 0 Å². The molecule has 70 valence electrons. The minimum Gasteiger partial charge on any atom is -0.206 e. The van der Waals surface area contributed by atoms with E-state index in [-0.39, 0.29) is 3.81 Å². The highest BCUT2D eigenvalue weighted by atomic mass is 79.9. The van der Waals surface area contributed by atoms with Crippen LogP contribution in [0.15, 0.2) is 34.1 Å². The highest BCUT2D eigenvalue weighted by Crippen LogP contribution is 2.21. The van der Waals surface area contributed by atoms with Crippen molar-refractivity contribution in [1.29, 1.82) is 0 Å². The summed E-state index contributed by atoms with van der Waals surface area (Å²) in [6.45, 7) is 0. The first-order valence-corrected chi connectivity index (χ1v) is 6.47. The lowest BCUT2D eigenvalue weighted by molar-refractivity contribution is 0.617. The molecule has 2 nitrogen and oxygen atoms in total. The smallest absolute Gasteiger partial charge is 0.206 e. The van der Waals surface area contributed by atoms with Crippen LogP contribution in [-0.2, 0) is 9.05 Å². The van der Waals surface area contributed by atoms with E-state index in [1.807, 2.05) is 18.2 Å². The van der Waals surface area contributed by atoms with Crippen LogP contribution in [0, 0.1) is 0 Å². The summed E-state index contributed by atoms with van der Waals surface area (Å²) in [5, 5.41) is 0. The summed E-state index contributed by atoms with van der Waals surface area (Å²) >= 11 is 2.88. The zero-order chi connectivity index (χ0) is 9.90. The molecule has 0 aromatic heterocycles. The van der Waals surface area contributed by atoms with Crippen LogP contribution in [0.3, 0.4) is 0 Å². The molecule has 0 amide bonds. The summed E-state index contributed by atoms with van der Waals surface area (Å²) in [4.78, 5) is 0. The third-order valence-electron chi connectivity index (χ3n) is 1.31. The minimum atomic E-state index is -3.65. The first-order chi connectivity index (χ1) is 6.00. The molecule has 0 saturated carbocycles. The van der Waals surface area contributed by atoms with Crippen molar-refractivity contribution >= 4 is 41.7 Å². The van der Waals surface area contributed by atoms with Gasteiger partial charge in [0.2, 0.25) is 0 Å². The first-order valence-electron chi connectivity index (χ1n) is 3.37. The van der Waals surface area contributed by atoms with Gasteiger partial charge < -0.3 is 0 Å². The Morgan fingerprint density at radius 1 is 1.31 bits per heavy atom. The number of rotatable bonds is 2. The van der Waals surface area contributed by atoms with Gasteiger partial charge in [0, 0.05) is 10.7 Å². The maximum absolute atomic E-state index is 10.8. The topological polar surface area (TPSA) is 34.1 Å². The van der Waals surface area contributed by atoms with Crippen LogP contribution < -0.4 is 0 Å². The van der Waals surface area contributed by atoms with Crippen LogP contribution >= 0.6 is 26.6 Å². The van der Waals surface area contributed by atoms with Crippen LogP contribution in [0.25, 0.3) is 6.08 Å². The van der Waals surface area contributed by atoms with Gasteiger partial charge >= 0.3 is 0 Å². The molecule has 13 heavy (non-hydrogen) atoms. The van der Waals surface area contributed by atoms with Crippen molar-refractivity contribution in [2.45, 2.75) is 0 Å². The summed E-state index contributed by atoms with van der Waals surface area (Å²) in [5.74, 6) is 0. The third kappa shape index (κ3) is 3.50. The van der Waals surface area contributed by atoms with E-state index < -0.39 is 9.05 Å². The van der Waals surface area contributed by atoms with Crippen molar-refractivity contribution in [3.63, 3.8) is 0 Å². The molecular weight excluding hydrogens is 276 g/mol. The maximum Gasteiger partial charge on any atom is 0.267 e. The Bertz CT molecular complexity index is 411. The second-order valence-corrected chi connectivity index (χ2v) is 6.21. The number of hydrogen-bond donors (Lipinski definition) is 0. The molecule has 1 rings (SSSR count). The Labute approximate surface area is 89.8 Å². The van der Waals surface area contributed by atoms with Gasteiger partial charge in [-0.25, -0.2) is 8.42 Å². The van der Waals surface area contributed by atoms with Crippen molar-refractivity contribution in [2.75, 3.05) is 0 Å². The van der Waals surface area contributed by atoms with Gasteiger partial charge in [0.05, 0.1) is 0 Å². The van der Waals surface area contributed by atoms with E-state index in [1.54, 1.807) is 12.1 Å². The lowest BCUT2D eigenvalue weighted by Crippen LogP contribution is -1.86. The highest BCUT2D eigenvalue weighted by Gasteiger charge is 2.09. The monoisotopic (exact) mass is 280 g/mol. The SMILES string of the molecule is O=S(=O)(Cl)C(Br)=Cc1ccccc1. The second kappa shape index (κ2) is 4.26. The molecule has 0 heterocycles. The van der Waals surface area contributed by atoms with Gasteiger partial charge in [-0.15, -0.1) is 0 Å². The summed E-state index contributed by atoms with van der Waals surface area (Å²) in [6.07, 6.45) is 1.45. The standard InChI is InChI=1S/C8H6BrClO2S/c9-8(13(10,11)12)6-7-4-2-1-3-5-7/h1-6H. The van der Waals surface area contributed by atoms with E-state index in [4.69, 9.17) is 10.7 Å². The first kappa shape index (κ1) is 10.8. The van der Waals surface area contributed by atoms with E-state index in [0.717, 1.165) is 5.56 Å². The van der Waals surface area contributed by atoms with Crippen LogP contribution in [0.5, 0.6) is 0 Å². The number of benzene rings is 1. The molecule has 0 unspecified atom stereocenters. The van der Waals surface area contributed by atoms with E-state index >= 15 is 0 Å². The van der Waals surface area contributed by atoms with Gasteiger partial charge in [0.1, 0.15) is 3.81 Å². The molecule has 0 aliphatic rings. The Balaban J connectivity index is 3.04. The molecule has 1 aromatic rings. The molecule has 0 saturated heterocycles. The van der Waals surface area contributed by atoms with Gasteiger partial charge in [0.15, 0.2) is 0 Å². The minimum absolute atomic E-state index is 0.0344. The largest absolute Gasteiger partial charge is 0.267 e. The molecular formula is C8H6BrClO2S. The molecule has 0 aliphatic carbocycles. The lowest BCUT2D eigenvalue weighted by Gasteiger charge is -1.93. The van der Waals surface area contributed by atoms with Gasteiger partial charge in [0.25, 0.3) is 9.05 Å². The van der Waals surface area contributed by atoms with Crippen molar-refractivity contribution in [3.05, 3.63) is 39.7 Å². The molecule has 0 atom stereocenters. The van der Waals surface area contributed by atoms with Gasteiger partial charge in [-0.3, -0.25) is 0 Å². The third-order valence-corrected chi connectivity index (χ3v) is 4.46. The summed E-state index contributed by atoms with van der Waals surface area (Å²) < 4.78 is 21.5. The second-order valence-electron chi connectivity index (χ2n) is 2.30. The van der Waals surface area contributed by atoms with Crippen LogP contribution in [0.4, 0.5) is 0 Å². The van der Waals surface area contributed by atoms with E-state index in [1.165, 1.54) is 6.08 Å². The van der Waals surface area contributed by atoms with Crippen LogP contribution in [-0.4, -0.2) is 8.42 Å². The van der Waals surface area contributed by atoms with Crippen LogP contribution in [0.2, 0.25) is 0 Å². The summed E-state index contributed by atoms with van der Waals surface area (Å²) in [6, 6.07) is 9.03. The molecule has 1 aromatic carbocycles. The molecule has 0 aliphatic heterocycles. The van der Waals surface area contributed by atoms with Crippen molar-refractivity contribution < 1.29 is 8.42 Å². The quantitative estimate of drug-likeness (QED) is 0.781. The molecule has 5 heteroatoms. The van der Waals surface area contributed by atoms with Crippen molar-refractivity contribution in [2.24, 2.45) is 0 Å². The Hall–Kier alpha value is -0.320. The van der Waals surface area contributed by atoms with Gasteiger partial charge in [-0.05, 0) is 27.6 Å². The van der Waals surface area contributed by atoms with E-state index in [2.05, 4.69) is 15.9 Å². The lowest BCUT2D eigenvalue weighted by atomic mass is 10.2. The predicted octanol–water partition coefficient (Wildman–Crippen LogP) is 2.95. The van der Waals surface area contributed by atoms with Crippen LogP contribution in [0.1, 0.15) is 5.56 Å². The fraction of sp³-hybridized carbons (Fsp3) is 0. The average Bonchev–Trinajstić information content (AvgIpc) is 2.04. The average molecular weight is 282 g/mol. The zero-order valence-corrected chi connectivity index (χ0v) is 9.60. The summed E-state index contributed by atoms with van der Waals surface area (Å²) in [5.41, 5.74) is 0.776. The van der Waals surface area contributed by atoms with E-state index in [9.17, 15) is 8.42 Å². The Morgan fingerprint density at radius 3 is 2.31 bits per heavy atom. The Kier molecular flexibility index (Phi) is 3.53. The molecule has 0 fully saturated rings. The zero-order valence-electron chi connectivity index (χ0n) is 6.44. The number of hydrogen-bond acceptors (Lipinski definition) is 2. The van der Waals surface area contributed by atoms with Gasteiger partial charge in [-0.2, -0.15) is 0 Å². The normalized spacial score (nSPS) is 12.9. The summed E-state index contributed by atoms with van der Waals surface area (Å²) in [7, 11) is 1.44. The fourth-order valence-corrected chi connectivity index (χ4v) is 1.43. The van der Waals surface area contributed by atoms with Gasteiger partial charge in [-0.1, -0.05) is 30.3 Å². The van der Waals surface area contributed by atoms with E-state index in [0.29, 0.717) is 0 Å². The molecule has 0 bridgehead atoms. The molecule has 0 N–H and O–H groups in total. The Morgan fingerprint density at radius 2 is 1.85 bits per heavy atom. The predicted molar refractivity (Wildman–Crippen MR) is 58.1 cm³/mol. The highest BCUT2D eigenvalue weighted by molar-refractivity contribution is 9.14. The maximum atomic E-state index is 10.8. The molecule has 0 radical (unpaired) electrons. The van der Waals surface area contributed by atoms with Crippen molar-refractivity contribution in [3.8, 4) is 0 Å².